The van der Waals surface area contributed by atoms with Gasteiger partial charge in [0.15, 0.2) is 0 Å². The molecule has 2 atom stereocenters. The highest BCUT2D eigenvalue weighted by molar-refractivity contribution is 7.85. The molecule has 2 unspecified atom stereocenters. The van der Waals surface area contributed by atoms with Crippen molar-refractivity contribution < 1.29 is 17.8 Å². The van der Waals surface area contributed by atoms with Crippen LogP contribution in [0.4, 0.5) is 0 Å². The van der Waals surface area contributed by atoms with Crippen LogP contribution in [0.5, 0.6) is 0 Å². The van der Waals surface area contributed by atoms with Gasteiger partial charge in [-0.25, -0.2) is 8.42 Å². The van der Waals surface area contributed by atoms with Crippen LogP contribution in [0, 0.1) is 5.92 Å². The first-order valence-corrected chi connectivity index (χ1v) is 9.42. The Bertz CT molecular complexity index is 611. The molecule has 0 aromatic heterocycles. The molecule has 23 heavy (non-hydrogen) atoms. The number of hydrogen-bond acceptors (Lipinski definition) is 4. The van der Waals surface area contributed by atoms with Crippen LogP contribution in [0.1, 0.15) is 52.0 Å². The van der Waals surface area contributed by atoms with Crippen LogP contribution in [0.15, 0.2) is 30.3 Å². The maximum atomic E-state index is 12.4. The molecule has 6 heteroatoms. The number of hydrogen-bond donors (Lipinski definition) is 1. The van der Waals surface area contributed by atoms with Crippen molar-refractivity contribution in [2.75, 3.05) is 5.75 Å². The summed E-state index contributed by atoms with van der Waals surface area (Å²) in [6, 6.07) is 9.95. The minimum absolute atomic E-state index is 0.205. The molecule has 0 saturated carbocycles. The van der Waals surface area contributed by atoms with Crippen LogP contribution in [0.25, 0.3) is 0 Å². The van der Waals surface area contributed by atoms with Gasteiger partial charge in [0.1, 0.15) is 0 Å². The van der Waals surface area contributed by atoms with E-state index in [2.05, 4.69) is 12.2 Å². The first kappa shape index (κ1) is 19.6. The van der Waals surface area contributed by atoms with Gasteiger partial charge in [-0.3, -0.25) is 4.79 Å². The summed E-state index contributed by atoms with van der Waals surface area (Å²) in [5.74, 6) is -0.822. The molecule has 1 aromatic rings. The van der Waals surface area contributed by atoms with E-state index in [9.17, 15) is 17.8 Å². The molecule has 1 amide bonds. The minimum atomic E-state index is -4.39. The van der Waals surface area contributed by atoms with E-state index in [4.69, 9.17) is 0 Å². The first-order chi connectivity index (χ1) is 10.5. The molecule has 0 aliphatic heterocycles. The van der Waals surface area contributed by atoms with Crippen molar-refractivity contribution >= 4 is 16.0 Å². The standard InChI is InChI=1S/C17H27NO4S/c1-5-14(11-13(2)15-9-7-6-8-10-15)16(19)18-17(3,4)12-23(20,21)22/h6-10,13-14H,5,11-12H2,1-4H3,(H,18,19)(H,20,21,22)/p-1. The fraction of sp³-hybridized carbons (Fsp3) is 0.588. The molecule has 0 spiro atoms. The van der Waals surface area contributed by atoms with E-state index in [1.165, 1.54) is 5.56 Å². The Hall–Kier alpha value is -1.40. The van der Waals surface area contributed by atoms with Crippen molar-refractivity contribution in [3.05, 3.63) is 35.9 Å². The molecule has 1 rings (SSSR count). The second kappa shape index (κ2) is 7.93. The van der Waals surface area contributed by atoms with Gasteiger partial charge >= 0.3 is 0 Å². The van der Waals surface area contributed by atoms with Crippen LogP contribution in [0.2, 0.25) is 0 Å². The molecule has 0 radical (unpaired) electrons. The Labute approximate surface area is 139 Å². The average molecular weight is 340 g/mol. The lowest BCUT2D eigenvalue weighted by Gasteiger charge is -2.30. The molecular weight excluding hydrogens is 314 g/mol. The van der Waals surface area contributed by atoms with Gasteiger partial charge in [-0.15, -0.1) is 0 Å². The third-order valence-corrected chi connectivity index (χ3v) is 4.94. The number of carbonyl (C=O) groups is 1. The predicted molar refractivity (Wildman–Crippen MR) is 90.0 cm³/mol. The van der Waals surface area contributed by atoms with Crippen LogP contribution < -0.4 is 5.32 Å². The summed E-state index contributed by atoms with van der Waals surface area (Å²) in [6.45, 7) is 7.10. The van der Waals surface area contributed by atoms with Crippen molar-refractivity contribution in [2.45, 2.75) is 52.0 Å². The topological polar surface area (TPSA) is 86.3 Å². The summed E-state index contributed by atoms with van der Waals surface area (Å²) in [6.07, 6.45) is 1.33. The zero-order valence-electron chi connectivity index (χ0n) is 14.2. The zero-order chi connectivity index (χ0) is 17.7. The Morgan fingerprint density at radius 3 is 2.30 bits per heavy atom. The lowest BCUT2D eigenvalue weighted by Crippen LogP contribution is -2.50. The fourth-order valence-corrected chi connectivity index (χ4v) is 3.67. The van der Waals surface area contributed by atoms with Gasteiger partial charge in [-0.05, 0) is 38.2 Å². The van der Waals surface area contributed by atoms with Crippen molar-refractivity contribution in [1.82, 2.24) is 5.32 Å². The molecular formula is C17H26NO4S-. The third kappa shape index (κ3) is 7.14. The third-order valence-electron chi connectivity index (χ3n) is 3.87. The largest absolute Gasteiger partial charge is 0.748 e. The summed E-state index contributed by atoms with van der Waals surface area (Å²) in [7, 11) is -4.39. The highest BCUT2D eigenvalue weighted by Gasteiger charge is 2.28. The van der Waals surface area contributed by atoms with Gasteiger partial charge in [-0.1, -0.05) is 44.2 Å². The molecule has 0 fully saturated rings. The summed E-state index contributed by atoms with van der Waals surface area (Å²) < 4.78 is 32.8. The van der Waals surface area contributed by atoms with E-state index < -0.39 is 21.4 Å². The van der Waals surface area contributed by atoms with Gasteiger partial charge in [0.2, 0.25) is 5.91 Å². The minimum Gasteiger partial charge on any atom is -0.748 e. The molecule has 0 saturated heterocycles. The van der Waals surface area contributed by atoms with Gasteiger partial charge in [0.25, 0.3) is 0 Å². The van der Waals surface area contributed by atoms with E-state index in [1.807, 2.05) is 37.3 Å². The zero-order valence-corrected chi connectivity index (χ0v) is 15.0. The van der Waals surface area contributed by atoms with Crippen molar-refractivity contribution in [2.24, 2.45) is 5.92 Å². The molecule has 0 bridgehead atoms. The maximum absolute atomic E-state index is 12.4. The number of rotatable bonds is 8. The van der Waals surface area contributed by atoms with Crippen molar-refractivity contribution in [3.63, 3.8) is 0 Å². The maximum Gasteiger partial charge on any atom is 0.223 e. The van der Waals surface area contributed by atoms with E-state index in [-0.39, 0.29) is 17.7 Å². The molecule has 1 N–H and O–H groups in total. The average Bonchev–Trinajstić information content (AvgIpc) is 2.42. The molecule has 130 valence electrons. The normalized spacial score (nSPS) is 15.0. The first-order valence-electron chi connectivity index (χ1n) is 7.84. The number of benzene rings is 1. The van der Waals surface area contributed by atoms with Crippen LogP contribution in [-0.2, 0) is 14.9 Å². The Morgan fingerprint density at radius 2 is 1.83 bits per heavy atom. The smallest absolute Gasteiger partial charge is 0.223 e. The number of carbonyl (C=O) groups excluding carboxylic acids is 1. The summed E-state index contributed by atoms with van der Waals surface area (Å²) in [4.78, 5) is 12.4. The Kier molecular flexibility index (Phi) is 6.77. The van der Waals surface area contributed by atoms with E-state index >= 15 is 0 Å². The molecule has 5 nitrogen and oxygen atoms in total. The predicted octanol–water partition coefficient (Wildman–Crippen LogP) is 2.65. The highest BCUT2D eigenvalue weighted by Crippen LogP contribution is 2.25. The number of amides is 1. The van der Waals surface area contributed by atoms with Crippen molar-refractivity contribution in [1.29, 1.82) is 0 Å². The molecule has 0 heterocycles. The van der Waals surface area contributed by atoms with E-state index in [1.54, 1.807) is 13.8 Å². The van der Waals surface area contributed by atoms with Gasteiger partial charge in [-0.2, -0.15) is 0 Å². The Balaban J connectivity index is 2.72. The summed E-state index contributed by atoms with van der Waals surface area (Å²) in [5.41, 5.74) is 0.0984. The second-order valence-corrected chi connectivity index (χ2v) is 8.13. The highest BCUT2D eigenvalue weighted by atomic mass is 32.2. The van der Waals surface area contributed by atoms with Crippen LogP contribution >= 0.6 is 0 Å². The van der Waals surface area contributed by atoms with Gasteiger partial charge in [0.05, 0.1) is 15.9 Å². The lowest BCUT2D eigenvalue weighted by molar-refractivity contribution is -0.126. The number of nitrogens with one attached hydrogen (secondary N) is 1. The van der Waals surface area contributed by atoms with E-state index in [0.717, 1.165) is 0 Å². The van der Waals surface area contributed by atoms with E-state index in [0.29, 0.717) is 12.8 Å². The van der Waals surface area contributed by atoms with Gasteiger partial charge in [0, 0.05) is 11.5 Å². The second-order valence-electron chi connectivity index (χ2n) is 6.73. The van der Waals surface area contributed by atoms with Gasteiger partial charge < -0.3 is 9.87 Å². The molecule has 0 aliphatic carbocycles. The quantitative estimate of drug-likeness (QED) is 0.737. The fourth-order valence-electron chi connectivity index (χ4n) is 2.72. The SMILES string of the molecule is CCC(CC(C)c1ccccc1)C(=O)NC(C)(C)CS(=O)(=O)[O-]. The molecule has 0 aliphatic rings. The van der Waals surface area contributed by atoms with Crippen LogP contribution in [0.3, 0.4) is 0 Å². The van der Waals surface area contributed by atoms with Crippen LogP contribution in [-0.4, -0.2) is 30.2 Å². The summed E-state index contributed by atoms with van der Waals surface area (Å²) >= 11 is 0. The monoisotopic (exact) mass is 340 g/mol. The van der Waals surface area contributed by atoms with Crippen molar-refractivity contribution in [3.8, 4) is 0 Å². The summed E-state index contributed by atoms with van der Waals surface area (Å²) in [5, 5.41) is 2.70. The molecule has 1 aromatic carbocycles. The Morgan fingerprint density at radius 1 is 1.26 bits per heavy atom. The lowest BCUT2D eigenvalue weighted by atomic mass is 9.88.